The Bertz CT molecular complexity index is 1470. The van der Waals surface area contributed by atoms with Crippen LogP contribution in [0.25, 0.3) is 10.1 Å². The van der Waals surface area contributed by atoms with Crippen molar-refractivity contribution in [3.05, 3.63) is 131 Å². The maximum absolute atomic E-state index is 14.3. The minimum atomic E-state index is -2.01. The van der Waals surface area contributed by atoms with Crippen LogP contribution in [0.3, 0.4) is 0 Å². The molecule has 0 saturated heterocycles. The molecule has 5 heteroatoms. The number of aliphatic hydroxyl groups is 1. The first-order chi connectivity index (χ1) is 16.6. The molecule has 6 rings (SSSR count). The summed E-state index contributed by atoms with van der Waals surface area (Å²) in [6.45, 7) is 0. The van der Waals surface area contributed by atoms with Crippen LogP contribution in [0.2, 0.25) is 0 Å². The number of thiophene rings is 1. The maximum Gasteiger partial charge on any atom is 0.269 e. The van der Waals surface area contributed by atoms with E-state index in [1.54, 1.807) is 29.2 Å². The number of phenolic OH excluding ortho intramolecular Hbond substituents is 1. The first-order valence-electron chi connectivity index (χ1n) is 11.0. The molecule has 1 aromatic heterocycles. The molecule has 4 aromatic carbocycles. The van der Waals surface area contributed by atoms with E-state index < -0.39 is 17.6 Å². The number of aromatic hydroxyl groups is 1. The number of hydrogen-bond acceptors (Lipinski definition) is 4. The zero-order valence-electron chi connectivity index (χ0n) is 18.1. The topological polar surface area (TPSA) is 60.8 Å². The second-order valence-corrected chi connectivity index (χ2v) is 9.40. The van der Waals surface area contributed by atoms with Crippen molar-refractivity contribution in [3.63, 3.8) is 0 Å². The summed E-state index contributed by atoms with van der Waals surface area (Å²) >= 11 is 1.50. The van der Waals surface area contributed by atoms with E-state index in [0.717, 1.165) is 21.2 Å². The van der Waals surface area contributed by atoms with Gasteiger partial charge in [0, 0.05) is 15.8 Å². The van der Waals surface area contributed by atoms with Crippen molar-refractivity contribution in [2.24, 2.45) is 0 Å². The largest absolute Gasteiger partial charge is 0.508 e. The van der Waals surface area contributed by atoms with Crippen LogP contribution in [-0.2, 0) is 10.4 Å². The van der Waals surface area contributed by atoms with E-state index in [4.69, 9.17) is 0 Å². The van der Waals surface area contributed by atoms with Gasteiger partial charge in [-0.1, -0.05) is 78.9 Å². The quantitative estimate of drug-likeness (QED) is 0.345. The molecule has 1 aliphatic rings. The van der Waals surface area contributed by atoms with Crippen LogP contribution in [0.4, 0.5) is 5.69 Å². The number of nitrogens with zero attached hydrogens (tertiary/aromatic N) is 1. The van der Waals surface area contributed by atoms with E-state index in [-0.39, 0.29) is 11.3 Å². The average Bonchev–Trinajstić information content (AvgIpc) is 3.42. The van der Waals surface area contributed by atoms with Gasteiger partial charge in [0.2, 0.25) is 0 Å². The highest BCUT2D eigenvalue weighted by Crippen LogP contribution is 2.51. The summed E-state index contributed by atoms with van der Waals surface area (Å²) in [6, 6.07) is 31.7. The molecule has 2 N–H and O–H groups in total. The predicted octanol–water partition coefficient (Wildman–Crippen LogP) is 5.98. The Hall–Kier alpha value is -3.93. The lowest BCUT2D eigenvalue weighted by Crippen LogP contribution is -2.43. The Morgan fingerprint density at radius 1 is 0.765 bits per heavy atom. The fraction of sp³-hybridized carbons (Fsp3) is 0.0690. The van der Waals surface area contributed by atoms with Gasteiger partial charge in [-0.05, 0) is 46.2 Å². The van der Waals surface area contributed by atoms with Crippen molar-refractivity contribution >= 4 is 33.0 Å². The Morgan fingerprint density at radius 3 is 2.06 bits per heavy atom. The lowest BCUT2D eigenvalue weighted by atomic mass is 9.86. The smallest absolute Gasteiger partial charge is 0.269 e. The van der Waals surface area contributed by atoms with Crippen molar-refractivity contribution in [2.75, 3.05) is 4.90 Å². The highest BCUT2D eigenvalue weighted by Gasteiger charge is 2.54. The number of hydrogen-bond donors (Lipinski definition) is 2. The summed E-state index contributed by atoms with van der Waals surface area (Å²) in [4.78, 5) is 15.9. The van der Waals surface area contributed by atoms with E-state index in [2.05, 4.69) is 0 Å². The average molecular weight is 464 g/mol. The van der Waals surface area contributed by atoms with Crippen LogP contribution >= 0.6 is 11.3 Å². The SMILES string of the molecule is O=C1N(C(c2ccccc2)c2ccccc2)c2ccccc2C1(O)c1cc2sccc2cc1O. The molecule has 5 aromatic rings. The van der Waals surface area contributed by atoms with Crippen molar-refractivity contribution in [1.82, 2.24) is 0 Å². The predicted molar refractivity (Wildman–Crippen MR) is 135 cm³/mol. The number of rotatable bonds is 4. The lowest BCUT2D eigenvalue weighted by molar-refractivity contribution is -0.132. The molecule has 4 nitrogen and oxygen atoms in total. The minimum Gasteiger partial charge on any atom is -0.508 e. The number of benzene rings is 4. The number of carbonyl (C=O) groups is 1. The number of fused-ring (bicyclic) bond motifs is 2. The molecule has 34 heavy (non-hydrogen) atoms. The monoisotopic (exact) mass is 463 g/mol. The molecule has 0 fully saturated rings. The summed E-state index contributed by atoms with van der Waals surface area (Å²) in [7, 11) is 0. The van der Waals surface area contributed by atoms with Crippen molar-refractivity contribution in [1.29, 1.82) is 0 Å². The maximum atomic E-state index is 14.3. The normalized spacial score (nSPS) is 17.5. The molecule has 0 aliphatic carbocycles. The van der Waals surface area contributed by atoms with E-state index in [1.165, 1.54) is 11.3 Å². The van der Waals surface area contributed by atoms with E-state index in [9.17, 15) is 15.0 Å². The highest BCUT2D eigenvalue weighted by atomic mass is 32.1. The van der Waals surface area contributed by atoms with E-state index >= 15 is 0 Å². The van der Waals surface area contributed by atoms with Crippen molar-refractivity contribution in [2.45, 2.75) is 11.6 Å². The summed E-state index contributed by atoms with van der Waals surface area (Å²) in [5.41, 5.74) is 1.13. The van der Waals surface area contributed by atoms with Gasteiger partial charge < -0.3 is 10.2 Å². The van der Waals surface area contributed by atoms with Crippen LogP contribution in [0.15, 0.2) is 109 Å². The first-order valence-corrected chi connectivity index (χ1v) is 11.9. The first kappa shape index (κ1) is 20.7. The standard InChI is InChI=1S/C29H21NO3S/c31-25-17-21-15-16-34-26(21)18-23(25)29(33)22-13-7-8-14-24(22)30(28(29)32)27(19-9-3-1-4-10-19)20-11-5-2-6-12-20/h1-18,27,31,33H. The third kappa shape index (κ3) is 2.98. The minimum absolute atomic E-state index is 0.102. The van der Waals surface area contributed by atoms with Gasteiger partial charge in [0.25, 0.3) is 5.91 Å². The molecule has 2 heterocycles. The van der Waals surface area contributed by atoms with Gasteiger partial charge in [-0.2, -0.15) is 0 Å². The summed E-state index contributed by atoms with van der Waals surface area (Å²) in [5, 5.41) is 25.9. The number of phenols is 1. The van der Waals surface area contributed by atoms with Crippen LogP contribution in [0, 0.1) is 0 Å². The second kappa shape index (κ2) is 7.83. The third-order valence-corrected chi connectivity index (χ3v) is 7.41. The van der Waals surface area contributed by atoms with Crippen LogP contribution in [0.5, 0.6) is 5.75 Å². The van der Waals surface area contributed by atoms with E-state index in [1.807, 2.05) is 84.2 Å². The molecule has 166 valence electrons. The van der Waals surface area contributed by atoms with Crippen LogP contribution in [-0.4, -0.2) is 16.1 Å². The Morgan fingerprint density at radius 2 is 1.38 bits per heavy atom. The van der Waals surface area contributed by atoms with Crippen LogP contribution in [0.1, 0.15) is 28.3 Å². The van der Waals surface area contributed by atoms with Gasteiger partial charge in [-0.25, -0.2) is 0 Å². The number of anilines is 1. The molecule has 0 spiro atoms. The Labute approximate surface area is 201 Å². The van der Waals surface area contributed by atoms with Crippen molar-refractivity contribution in [3.8, 4) is 5.75 Å². The highest BCUT2D eigenvalue weighted by molar-refractivity contribution is 7.17. The van der Waals surface area contributed by atoms with Gasteiger partial charge in [0.1, 0.15) is 5.75 Å². The van der Waals surface area contributed by atoms with Gasteiger partial charge >= 0.3 is 0 Å². The van der Waals surface area contributed by atoms with Gasteiger partial charge in [-0.15, -0.1) is 11.3 Å². The third-order valence-electron chi connectivity index (χ3n) is 6.53. The summed E-state index contributed by atoms with van der Waals surface area (Å²) < 4.78 is 0.896. The number of para-hydroxylation sites is 1. The van der Waals surface area contributed by atoms with Gasteiger partial charge in [0.05, 0.1) is 11.7 Å². The molecular formula is C29H21NO3S. The Balaban J connectivity index is 1.60. The van der Waals surface area contributed by atoms with Gasteiger partial charge in [-0.3, -0.25) is 9.69 Å². The molecule has 1 aliphatic heterocycles. The second-order valence-electron chi connectivity index (χ2n) is 8.45. The molecule has 1 unspecified atom stereocenters. The molecule has 0 bridgehead atoms. The van der Waals surface area contributed by atoms with Crippen molar-refractivity contribution < 1.29 is 15.0 Å². The zero-order valence-corrected chi connectivity index (χ0v) is 18.9. The summed E-state index contributed by atoms with van der Waals surface area (Å²) in [5.74, 6) is -0.591. The zero-order chi connectivity index (χ0) is 23.3. The lowest BCUT2D eigenvalue weighted by Gasteiger charge is -2.31. The fourth-order valence-corrected chi connectivity index (χ4v) is 5.76. The fourth-order valence-electron chi connectivity index (χ4n) is 4.95. The molecule has 0 radical (unpaired) electrons. The number of carbonyl (C=O) groups excluding carboxylic acids is 1. The molecule has 1 atom stereocenters. The number of amides is 1. The molecule has 0 saturated carbocycles. The molecular weight excluding hydrogens is 442 g/mol. The summed E-state index contributed by atoms with van der Waals surface area (Å²) in [6.07, 6.45) is 0. The van der Waals surface area contributed by atoms with Gasteiger partial charge in [0.15, 0.2) is 5.60 Å². The van der Waals surface area contributed by atoms with Crippen LogP contribution < -0.4 is 4.90 Å². The Kier molecular flexibility index (Phi) is 4.76. The van der Waals surface area contributed by atoms with E-state index in [0.29, 0.717) is 11.3 Å². The molecule has 1 amide bonds.